The Labute approximate surface area is 124 Å². The molecule has 0 atom stereocenters. The minimum absolute atomic E-state index is 0.478. The van der Waals surface area contributed by atoms with Gasteiger partial charge in [0.05, 0.1) is 6.61 Å². The molecule has 4 nitrogen and oxygen atoms in total. The highest BCUT2D eigenvalue weighted by molar-refractivity contribution is 5.86. The maximum absolute atomic E-state index is 11.7. The minimum Gasteiger partial charge on any atom is -0.494 e. The molecule has 21 heavy (non-hydrogen) atoms. The van der Waals surface area contributed by atoms with Crippen LogP contribution in [0.3, 0.4) is 0 Å². The van der Waals surface area contributed by atoms with E-state index in [2.05, 4.69) is 12.2 Å². The molecular formula is C17H19NO3. The van der Waals surface area contributed by atoms with Crippen LogP contribution < -0.4 is 14.8 Å². The quantitative estimate of drug-likeness (QED) is 0.796. The van der Waals surface area contributed by atoms with Crippen molar-refractivity contribution in [1.29, 1.82) is 0 Å². The zero-order chi connectivity index (χ0) is 14.9. The summed E-state index contributed by atoms with van der Waals surface area (Å²) >= 11 is 0. The van der Waals surface area contributed by atoms with Gasteiger partial charge in [-0.05, 0) is 42.8 Å². The number of carbonyl (C=O) groups is 1. The number of nitrogens with one attached hydrogen (secondary N) is 1. The van der Waals surface area contributed by atoms with E-state index in [1.807, 2.05) is 18.2 Å². The number of hydrogen-bond acceptors (Lipinski definition) is 3. The third-order valence-corrected chi connectivity index (χ3v) is 2.82. The molecule has 0 aromatic heterocycles. The largest absolute Gasteiger partial charge is 0.494 e. The molecule has 2 aromatic rings. The van der Waals surface area contributed by atoms with Gasteiger partial charge < -0.3 is 9.47 Å². The number of para-hydroxylation sites is 1. The van der Waals surface area contributed by atoms with Gasteiger partial charge in [-0.3, -0.25) is 5.32 Å². The predicted octanol–water partition coefficient (Wildman–Crippen LogP) is 4.48. The van der Waals surface area contributed by atoms with Crippen LogP contribution in [0.1, 0.15) is 19.8 Å². The average molecular weight is 285 g/mol. The second-order valence-corrected chi connectivity index (χ2v) is 4.55. The number of anilines is 1. The molecule has 1 N–H and O–H groups in total. The van der Waals surface area contributed by atoms with Crippen molar-refractivity contribution in [3.05, 3.63) is 54.6 Å². The van der Waals surface area contributed by atoms with Gasteiger partial charge in [0.2, 0.25) is 0 Å². The summed E-state index contributed by atoms with van der Waals surface area (Å²) in [7, 11) is 0. The lowest BCUT2D eigenvalue weighted by atomic mass is 10.3. The highest BCUT2D eigenvalue weighted by Gasteiger charge is 2.05. The standard InChI is InChI=1S/C17H19NO3/c1-2-3-13-20-15-9-11-16(12-10-15)21-17(19)18-14-7-5-4-6-8-14/h4-12H,2-3,13H2,1H3,(H,18,19). The Kier molecular flexibility index (Phi) is 5.64. The zero-order valence-corrected chi connectivity index (χ0v) is 12.0. The van der Waals surface area contributed by atoms with Crippen LogP contribution in [0.25, 0.3) is 0 Å². The number of hydrogen-bond donors (Lipinski definition) is 1. The molecule has 0 saturated carbocycles. The number of rotatable bonds is 6. The molecule has 0 saturated heterocycles. The molecular weight excluding hydrogens is 266 g/mol. The fraction of sp³-hybridized carbons (Fsp3) is 0.235. The first-order valence-corrected chi connectivity index (χ1v) is 7.04. The highest BCUT2D eigenvalue weighted by Crippen LogP contribution is 2.18. The van der Waals surface area contributed by atoms with E-state index in [0.717, 1.165) is 18.6 Å². The van der Waals surface area contributed by atoms with Gasteiger partial charge in [-0.1, -0.05) is 31.5 Å². The summed E-state index contributed by atoms with van der Waals surface area (Å²) in [5.74, 6) is 1.26. The maximum atomic E-state index is 11.7. The van der Waals surface area contributed by atoms with E-state index < -0.39 is 6.09 Å². The lowest BCUT2D eigenvalue weighted by Gasteiger charge is -2.08. The van der Waals surface area contributed by atoms with Gasteiger partial charge in [-0.25, -0.2) is 4.79 Å². The van der Waals surface area contributed by atoms with Gasteiger partial charge in [-0.2, -0.15) is 0 Å². The first-order valence-electron chi connectivity index (χ1n) is 7.04. The number of benzene rings is 2. The summed E-state index contributed by atoms with van der Waals surface area (Å²) < 4.78 is 10.7. The van der Waals surface area contributed by atoms with Gasteiger partial charge in [0.25, 0.3) is 0 Å². The number of carbonyl (C=O) groups excluding carboxylic acids is 1. The van der Waals surface area contributed by atoms with Crippen LogP contribution in [0.4, 0.5) is 10.5 Å². The van der Waals surface area contributed by atoms with Crippen molar-refractivity contribution in [1.82, 2.24) is 0 Å². The van der Waals surface area contributed by atoms with Crippen molar-refractivity contribution in [2.24, 2.45) is 0 Å². The Bertz CT molecular complexity index is 552. The van der Waals surface area contributed by atoms with Crippen LogP contribution in [0, 0.1) is 0 Å². The molecule has 2 rings (SSSR count). The fourth-order valence-corrected chi connectivity index (χ4v) is 1.71. The van der Waals surface area contributed by atoms with Gasteiger partial charge in [-0.15, -0.1) is 0 Å². The first kappa shape index (κ1) is 14.9. The van der Waals surface area contributed by atoms with E-state index in [4.69, 9.17) is 9.47 Å². The molecule has 0 aliphatic heterocycles. The predicted molar refractivity (Wildman–Crippen MR) is 82.9 cm³/mol. The molecule has 1 amide bonds. The van der Waals surface area contributed by atoms with Crippen LogP contribution in [0.5, 0.6) is 11.5 Å². The Morgan fingerprint density at radius 3 is 2.33 bits per heavy atom. The normalized spacial score (nSPS) is 9.95. The third-order valence-electron chi connectivity index (χ3n) is 2.82. The second-order valence-electron chi connectivity index (χ2n) is 4.55. The van der Waals surface area contributed by atoms with E-state index in [1.54, 1.807) is 36.4 Å². The lowest BCUT2D eigenvalue weighted by Crippen LogP contribution is -2.16. The fourth-order valence-electron chi connectivity index (χ4n) is 1.71. The van der Waals surface area contributed by atoms with Gasteiger partial charge in [0, 0.05) is 5.69 Å². The summed E-state index contributed by atoms with van der Waals surface area (Å²) in [6, 6.07) is 16.2. The number of ether oxygens (including phenoxy) is 2. The van der Waals surface area contributed by atoms with Gasteiger partial charge in [0.1, 0.15) is 11.5 Å². The Morgan fingerprint density at radius 1 is 1.00 bits per heavy atom. The van der Waals surface area contributed by atoms with Crippen molar-refractivity contribution in [2.75, 3.05) is 11.9 Å². The molecule has 0 unspecified atom stereocenters. The van der Waals surface area contributed by atoms with E-state index in [0.29, 0.717) is 18.0 Å². The Morgan fingerprint density at radius 2 is 1.67 bits per heavy atom. The summed E-state index contributed by atoms with van der Waals surface area (Å²) in [6.45, 7) is 2.82. The summed E-state index contributed by atoms with van der Waals surface area (Å²) in [5, 5.41) is 2.65. The lowest BCUT2D eigenvalue weighted by molar-refractivity contribution is 0.215. The van der Waals surface area contributed by atoms with Crippen molar-refractivity contribution in [3.8, 4) is 11.5 Å². The van der Waals surface area contributed by atoms with E-state index >= 15 is 0 Å². The zero-order valence-electron chi connectivity index (χ0n) is 12.0. The van der Waals surface area contributed by atoms with Crippen molar-refractivity contribution < 1.29 is 14.3 Å². The van der Waals surface area contributed by atoms with Crippen molar-refractivity contribution in [3.63, 3.8) is 0 Å². The average Bonchev–Trinajstić information content (AvgIpc) is 2.50. The van der Waals surface area contributed by atoms with Crippen LogP contribution in [-0.2, 0) is 0 Å². The topological polar surface area (TPSA) is 47.6 Å². The van der Waals surface area contributed by atoms with Crippen molar-refractivity contribution >= 4 is 11.8 Å². The highest BCUT2D eigenvalue weighted by atomic mass is 16.6. The minimum atomic E-state index is -0.513. The molecule has 0 bridgehead atoms. The molecule has 110 valence electrons. The first-order chi connectivity index (χ1) is 10.3. The molecule has 4 heteroatoms. The Balaban J connectivity index is 1.83. The molecule has 0 radical (unpaired) electrons. The van der Waals surface area contributed by atoms with E-state index in [-0.39, 0.29) is 0 Å². The van der Waals surface area contributed by atoms with Crippen molar-refractivity contribution in [2.45, 2.75) is 19.8 Å². The summed E-state index contributed by atoms with van der Waals surface area (Å²) in [5.41, 5.74) is 0.696. The Hall–Kier alpha value is -2.49. The summed E-state index contributed by atoms with van der Waals surface area (Å²) in [4.78, 5) is 11.7. The number of amides is 1. The van der Waals surface area contributed by atoms with Gasteiger partial charge >= 0.3 is 6.09 Å². The van der Waals surface area contributed by atoms with Crippen LogP contribution >= 0.6 is 0 Å². The van der Waals surface area contributed by atoms with Crippen LogP contribution in [-0.4, -0.2) is 12.7 Å². The molecule has 0 aliphatic rings. The summed E-state index contributed by atoms with van der Waals surface area (Å²) in [6.07, 6.45) is 1.61. The molecule has 0 aliphatic carbocycles. The molecule has 0 fully saturated rings. The SMILES string of the molecule is CCCCOc1ccc(OC(=O)Nc2ccccc2)cc1. The molecule has 0 spiro atoms. The van der Waals surface area contributed by atoms with E-state index in [9.17, 15) is 4.79 Å². The smallest absolute Gasteiger partial charge is 0.417 e. The van der Waals surface area contributed by atoms with Crippen LogP contribution in [0.2, 0.25) is 0 Å². The monoisotopic (exact) mass is 285 g/mol. The number of unbranched alkanes of at least 4 members (excludes halogenated alkanes) is 1. The van der Waals surface area contributed by atoms with E-state index in [1.165, 1.54) is 0 Å². The third kappa shape index (κ3) is 5.18. The second kappa shape index (κ2) is 7.94. The van der Waals surface area contributed by atoms with Gasteiger partial charge in [0.15, 0.2) is 0 Å². The maximum Gasteiger partial charge on any atom is 0.417 e. The molecule has 2 aromatic carbocycles. The van der Waals surface area contributed by atoms with Crippen LogP contribution in [0.15, 0.2) is 54.6 Å². The molecule has 0 heterocycles.